The zero-order chi connectivity index (χ0) is 14.5. The Labute approximate surface area is 119 Å². The van der Waals surface area contributed by atoms with Crippen molar-refractivity contribution in [3.8, 4) is 0 Å². The van der Waals surface area contributed by atoms with E-state index < -0.39 is 0 Å². The van der Waals surface area contributed by atoms with E-state index in [-0.39, 0.29) is 30.2 Å². The van der Waals surface area contributed by atoms with Crippen LogP contribution in [0.4, 0.5) is 5.69 Å². The summed E-state index contributed by atoms with van der Waals surface area (Å²) in [5.74, 6) is -0.0579. The van der Waals surface area contributed by atoms with Crippen molar-refractivity contribution in [3.05, 3.63) is 29.8 Å². The molecule has 2 unspecified atom stereocenters. The number of likely N-dealkylation sites (N-methyl/N-ethyl adjacent to an activating group) is 1. The average Bonchev–Trinajstić information content (AvgIpc) is 2.87. The molecule has 0 radical (unpaired) electrons. The number of rotatable bonds is 4. The summed E-state index contributed by atoms with van der Waals surface area (Å²) in [5.41, 5.74) is 1.55. The van der Waals surface area contributed by atoms with Crippen LogP contribution in [0.2, 0.25) is 0 Å². The van der Waals surface area contributed by atoms with Gasteiger partial charge in [-0.3, -0.25) is 9.59 Å². The molecule has 1 aromatic rings. The van der Waals surface area contributed by atoms with Gasteiger partial charge < -0.3 is 16.0 Å². The van der Waals surface area contributed by atoms with E-state index in [0.29, 0.717) is 0 Å². The van der Waals surface area contributed by atoms with Gasteiger partial charge in [0.1, 0.15) is 0 Å². The van der Waals surface area contributed by atoms with Crippen molar-refractivity contribution in [3.63, 3.8) is 0 Å². The number of benzene rings is 1. The summed E-state index contributed by atoms with van der Waals surface area (Å²) < 4.78 is 0. The molecule has 1 aliphatic rings. The second kappa shape index (κ2) is 6.52. The Morgan fingerprint density at radius 2 is 2.10 bits per heavy atom. The largest absolute Gasteiger partial charge is 0.359 e. The van der Waals surface area contributed by atoms with Gasteiger partial charge in [0, 0.05) is 18.8 Å². The van der Waals surface area contributed by atoms with E-state index in [1.807, 2.05) is 31.2 Å². The normalized spacial score (nSPS) is 21.5. The quantitative estimate of drug-likeness (QED) is 0.765. The molecule has 0 bridgehead atoms. The number of carbonyl (C=O) groups excluding carboxylic acids is 2. The van der Waals surface area contributed by atoms with Crippen LogP contribution in [0, 0.1) is 5.92 Å². The topological polar surface area (TPSA) is 70.2 Å². The van der Waals surface area contributed by atoms with E-state index in [0.717, 1.165) is 24.2 Å². The van der Waals surface area contributed by atoms with Crippen LogP contribution in [-0.2, 0) is 16.0 Å². The first-order chi connectivity index (χ1) is 9.61. The molecule has 1 fully saturated rings. The van der Waals surface area contributed by atoms with Crippen LogP contribution < -0.4 is 16.0 Å². The van der Waals surface area contributed by atoms with Crippen molar-refractivity contribution in [2.75, 3.05) is 18.9 Å². The molecule has 0 aromatic heterocycles. The van der Waals surface area contributed by atoms with Gasteiger partial charge in [0.25, 0.3) is 0 Å². The van der Waals surface area contributed by atoms with Crippen LogP contribution in [0.3, 0.4) is 0 Å². The zero-order valence-electron chi connectivity index (χ0n) is 11.9. The van der Waals surface area contributed by atoms with Crippen LogP contribution >= 0.6 is 0 Å². The summed E-state index contributed by atoms with van der Waals surface area (Å²) in [6.45, 7) is 2.90. The minimum absolute atomic E-state index is 0.0111. The predicted molar refractivity (Wildman–Crippen MR) is 78.4 cm³/mol. The number of carbonyl (C=O) groups is 2. The fraction of sp³-hybridized carbons (Fsp3) is 0.467. The van der Waals surface area contributed by atoms with Gasteiger partial charge in [-0.05, 0) is 31.5 Å². The van der Waals surface area contributed by atoms with Crippen molar-refractivity contribution in [2.45, 2.75) is 25.8 Å². The van der Waals surface area contributed by atoms with E-state index in [1.165, 1.54) is 0 Å². The van der Waals surface area contributed by atoms with Crippen LogP contribution in [0.5, 0.6) is 0 Å². The number of hydrogen-bond acceptors (Lipinski definition) is 3. The summed E-state index contributed by atoms with van der Waals surface area (Å²) in [4.78, 5) is 23.8. The van der Waals surface area contributed by atoms with Gasteiger partial charge in [-0.1, -0.05) is 18.2 Å². The summed E-state index contributed by atoms with van der Waals surface area (Å²) >= 11 is 0. The highest BCUT2D eigenvalue weighted by atomic mass is 16.2. The van der Waals surface area contributed by atoms with E-state index in [9.17, 15) is 9.59 Å². The first kappa shape index (κ1) is 14.5. The van der Waals surface area contributed by atoms with Crippen LogP contribution in [0.1, 0.15) is 18.9 Å². The van der Waals surface area contributed by atoms with Gasteiger partial charge in [0.15, 0.2) is 0 Å². The lowest BCUT2D eigenvalue weighted by Crippen LogP contribution is -2.32. The maximum Gasteiger partial charge on any atom is 0.229 e. The lowest BCUT2D eigenvalue weighted by Gasteiger charge is -2.16. The standard InChI is InChI=1S/C15H21N3O2/c1-10-12(7-8-17-10)15(20)18-13-6-4-3-5-11(13)9-14(19)16-2/h3-6,10,12,17H,7-9H2,1-2H3,(H,16,19)(H,18,20). The molecule has 1 saturated heterocycles. The molecule has 0 spiro atoms. The number of nitrogens with one attached hydrogen (secondary N) is 3. The van der Waals surface area contributed by atoms with E-state index in [1.54, 1.807) is 7.05 Å². The van der Waals surface area contributed by atoms with E-state index >= 15 is 0 Å². The van der Waals surface area contributed by atoms with Crippen molar-refractivity contribution >= 4 is 17.5 Å². The molecule has 2 amide bonds. The minimum Gasteiger partial charge on any atom is -0.359 e. The number of anilines is 1. The van der Waals surface area contributed by atoms with Crippen molar-refractivity contribution < 1.29 is 9.59 Å². The van der Waals surface area contributed by atoms with Gasteiger partial charge in [0.05, 0.1) is 12.3 Å². The number of amides is 2. The average molecular weight is 275 g/mol. The molecule has 5 heteroatoms. The zero-order valence-corrected chi connectivity index (χ0v) is 11.9. The summed E-state index contributed by atoms with van der Waals surface area (Å²) in [7, 11) is 1.61. The van der Waals surface area contributed by atoms with Crippen LogP contribution in [-0.4, -0.2) is 31.4 Å². The third kappa shape index (κ3) is 3.36. The molecule has 1 aliphatic heterocycles. The Kier molecular flexibility index (Phi) is 4.74. The number of para-hydroxylation sites is 1. The fourth-order valence-corrected chi connectivity index (χ4v) is 2.50. The van der Waals surface area contributed by atoms with Gasteiger partial charge >= 0.3 is 0 Å². The molecular formula is C15H21N3O2. The van der Waals surface area contributed by atoms with Crippen molar-refractivity contribution in [1.29, 1.82) is 0 Å². The van der Waals surface area contributed by atoms with E-state index in [2.05, 4.69) is 16.0 Å². The molecule has 5 nitrogen and oxygen atoms in total. The Hall–Kier alpha value is -1.88. The second-order valence-electron chi connectivity index (χ2n) is 5.13. The first-order valence-corrected chi connectivity index (χ1v) is 6.94. The Morgan fingerprint density at radius 3 is 2.75 bits per heavy atom. The minimum atomic E-state index is -0.0670. The maximum atomic E-state index is 12.3. The molecule has 108 valence electrons. The lowest BCUT2D eigenvalue weighted by atomic mass is 10.0. The summed E-state index contributed by atoms with van der Waals surface area (Å²) in [5, 5.41) is 8.82. The van der Waals surface area contributed by atoms with Crippen molar-refractivity contribution in [1.82, 2.24) is 10.6 Å². The fourth-order valence-electron chi connectivity index (χ4n) is 2.50. The first-order valence-electron chi connectivity index (χ1n) is 6.94. The summed E-state index contributed by atoms with van der Waals surface area (Å²) in [6, 6.07) is 7.62. The van der Waals surface area contributed by atoms with Gasteiger partial charge in [0.2, 0.25) is 11.8 Å². The highest BCUT2D eigenvalue weighted by Gasteiger charge is 2.29. The molecule has 2 rings (SSSR count). The third-order valence-electron chi connectivity index (χ3n) is 3.77. The molecule has 3 N–H and O–H groups in total. The second-order valence-corrected chi connectivity index (χ2v) is 5.13. The van der Waals surface area contributed by atoms with Gasteiger partial charge in [-0.15, -0.1) is 0 Å². The Morgan fingerprint density at radius 1 is 1.35 bits per heavy atom. The van der Waals surface area contributed by atoms with Crippen LogP contribution in [0.25, 0.3) is 0 Å². The Bertz CT molecular complexity index is 502. The molecule has 0 aliphatic carbocycles. The lowest BCUT2D eigenvalue weighted by molar-refractivity contribution is -0.121. The van der Waals surface area contributed by atoms with Crippen LogP contribution in [0.15, 0.2) is 24.3 Å². The smallest absolute Gasteiger partial charge is 0.229 e. The SMILES string of the molecule is CNC(=O)Cc1ccccc1NC(=O)C1CCNC1C. The maximum absolute atomic E-state index is 12.3. The summed E-state index contributed by atoms with van der Waals surface area (Å²) in [6.07, 6.45) is 1.12. The van der Waals surface area contributed by atoms with Gasteiger partial charge in [-0.25, -0.2) is 0 Å². The molecule has 2 atom stereocenters. The van der Waals surface area contributed by atoms with E-state index in [4.69, 9.17) is 0 Å². The highest BCUT2D eigenvalue weighted by Crippen LogP contribution is 2.20. The molecule has 1 aromatic carbocycles. The highest BCUT2D eigenvalue weighted by molar-refractivity contribution is 5.94. The van der Waals surface area contributed by atoms with Crippen molar-refractivity contribution in [2.24, 2.45) is 5.92 Å². The third-order valence-corrected chi connectivity index (χ3v) is 3.77. The Balaban J connectivity index is 2.08. The van der Waals surface area contributed by atoms with Gasteiger partial charge in [-0.2, -0.15) is 0 Å². The molecule has 1 heterocycles. The molecule has 20 heavy (non-hydrogen) atoms. The molecular weight excluding hydrogens is 254 g/mol. The number of hydrogen-bond donors (Lipinski definition) is 3. The predicted octanol–water partition coefficient (Wildman–Crippen LogP) is 0.912. The molecule has 0 saturated carbocycles. The monoisotopic (exact) mass is 275 g/mol.